The topological polar surface area (TPSA) is 15.3 Å². The third-order valence-corrected chi connectivity index (χ3v) is 2.68. The van der Waals surface area contributed by atoms with Gasteiger partial charge in [0.1, 0.15) is 0 Å². The van der Waals surface area contributed by atoms with Gasteiger partial charge in [0.25, 0.3) is 0 Å². The van der Waals surface area contributed by atoms with E-state index in [0.29, 0.717) is 15.1 Å². The summed E-state index contributed by atoms with van der Waals surface area (Å²) in [5.74, 6) is 0. The monoisotopic (exact) mass is 266 g/mol. The summed E-state index contributed by atoms with van der Waals surface area (Å²) in [6.07, 6.45) is 0. The fraction of sp³-hybridized carbons (Fsp3) is 0.400. The standard InChI is InChI=1S/C10H13Cl3N2/c1-15(2)4-3-14-10-8(12)5-7(11)6-9(10)13/h5-6,14H,3-4H2,1-2H3. The number of halogens is 3. The maximum Gasteiger partial charge on any atom is 0.0720 e. The highest BCUT2D eigenvalue weighted by Crippen LogP contribution is 2.33. The Morgan fingerprint density at radius 1 is 1.13 bits per heavy atom. The average Bonchev–Trinajstić information content (AvgIpc) is 2.08. The summed E-state index contributed by atoms with van der Waals surface area (Å²) in [7, 11) is 4.01. The molecule has 0 atom stereocenters. The Bertz CT molecular complexity index is 316. The second-order valence-electron chi connectivity index (χ2n) is 3.47. The van der Waals surface area contributed by atoms with Gasteiger partial charge in [-0.25, -0.2) is 0 Å². The van der Waals surface area contributed by atoms with E-state index in [-0.39, 0.29) is 0 Å². The maximum absolute atomic E-state index is 6.01. The number of benzene rings is 1. The van der Waals surface area contributed by atoms with Gasteiger partial charge in [0.05, 0.1) is 15.7 Å². The minimum atomic E-state index is 0.545. The zero-order valence-corrected chi connectivity index (χ0v) is 10.9. The van der Waals surface area contributed by atoms with Crippen molar-refractivity contribution in [3.8, 4) is 0 Å². The molecule has 0 aliphatic rings. The highest BCUT2D eigenvalue weighted by atomic mass is 35.5. The Labute approximate surface area is 105 Å². The Hall–Kier alpha value is -0.150. The molecule has 0 amide bonds. The van der Waals surface area contributed by atoms with Crippen LogP contribution in [0.15, 0.2) is 12.1 Å². The SMILES string of the molecule is CN(C)CCNc1c(Cl)cc(Cl)cc1Cl. The third kappa shape index (κ3) is 4.07. The number of anilines is 1. The molecular weight excluding hydrogens is 254 g/mol. The lowest BCUT2D eigenvalue weighted by Crippen LogP contribution is -2.21. The number of hydrogen-bond donors (Lipinski definition) is 1. The molecule has 0 unspecified atom stereocenters. The molecular formula is C10H13Cl3N2. The quantitative estimate of drug-likeness (QED) is 0.896. The van der Waals surface area contributed by atoms with Crippen LogP contribution in [0, 0.1) is 0 Å². The van der Waals surface area contributed by atoms with Crippen molar-refractivity contribution in [3.05, 3.63) is 27.2 Å². The first kappa shape index (κ1) is 12.9. The lowest BCUT2D eigenvalue weighted by Gasteiger charge is -2.13. The Kier molecular flexibility index (Phi) is 5.00. The van der Waals surface area contributed by atoms with Crippen LogP contribution in [0.25, 0.3) is 0 Å². The predicted octanol–water partition coefficient (Wildman–Crippen LogP) is 3.62. The Balaban J connectivity index is 2.68. The Morgan fingerprint density at radius 2 is 1.67 bits per heavy atom. The molecule has 5 heteroatoms. The van der Waals surface area contributed by atoms with Gasteiger partial charge in [-0.2, -0.15) is 0 Å². The van der Waals surface area contributed by atoms with Crippen LogP contribution < -0.4 is 5.32 Å². The van der Waals surface area contributed by atoms with Crippen LogP contribution >= 0.6 is 34.8 Å². The summed E-state index contributed by atoms with van der Waals surface area (Å²) in [4.78, 5) is 2.07. The summed E-state index contributed by atoms with van der Waals surface area (Å²) in [6.45, 7) is 1.70. The molecule has 0 aromatic heterocycles. The van der Waals surface area contributed by atoms with Crippen LogP contribution in [0.3, 0.4) is 0 Å². The van der Waals surface area contributed by atoms with Gasteiger partial charge in [0.2, 0.25) is 0 Å². The molecule has 0 bridgehead atoms. The highest BCUT2D eigenvalue weighted by molar-refractivity contribution is 6.41. The summed E-state index contributed by atoms with van der Waals surface area (Å²) in [5, 5.41) is 4.82. The van der Waals surface area contributed by atoms with Gasteiger partial charge in [0.15, 0.2) is 0 Å². The number of likely N-dealkylation sites (N-methyl/N-ethyl adjacent to an activating group) is 1. The van der Waals surface area contributed by atoms with E-state index < -0.39 is 0 Å². The van der Waals surface area contributed by atoms with Crippen molar-refractivity contribution in [3.63, 3.8) is 0 Å². The number of nitrogens with zero attached hydrogens (tertiary/aromatic N) is 1. The van der Waals surface area contributed by atoms with Gasteiger partial charge >= 0.3 is 0 Å². The van der Waals surface area contributed by atoms with Crippen LogP contribution in [0.2, 0.25) is 15.1 Å². The number of nitrogens with one attached hydrogen (secondary N) is 1. The van der Waals surface area contributed by atoms with Crippen LogP contribution in [-0.2, 0) is 0 Å². The third-order valence-electron chi connectivity index (χ3n) is 1.87. The van der Waals surface area contributed by atoms with E-state index in [1.54, 1.807) is 12.1 Å². The van der Waals surface area contributed by atoms with Crippen molar-refractivity contribution < 1.29 is 0 Å². The van der Waals surface area contributed by atoms with Gasteiger partial charge < -0.3 is 10.2 Å². The van der Waals surface area contributed by atoms with E-state index in [0.717, 1.165) is 18.8 Å². The average molecular weight is 268 g/mol. The molecule has 1 aromatic rings. The summed E-state index contributed by atoms with van der Waals surface area (Å²) < 4.78 is 0. The minimum Gasteiger partial charge on any atom is -0.381 e. The molecule has 84 valence electrons. The fourth-order valence-corrected chi connectivity index (χ4v) is 2.07. The van der Waals surface area contributed by atoms with Crippen molar-refractivity contribution in [2.24, 2.45) is 0 Å². The fourth-order valence-electron chi connectivity index (χ4n) is 1.12. The molecule has 15 heavy (non-hydrogen) atoms. The Morgan fingerprint density at radius 3 is 2.13 bits per heavy atom. The number of rotatable bonds is 4. The van der Waals surface area contributed by atoms with E-state index in [4.69, 9.17) is 34.8 Å². The molecule has 0 saturated carbocycles. The van der Waals surface area contributed by atoms with Gasteiger partial charge in [-0.1, -0.05) is 34.8 Å². The molecule has 1 aromatic carbocycles. The largest absolute Gasteiger partial charge is 0.381 e. The molecule has 0 spiro atoms. The van der Waals surface area contributed by atoms with E-state index in [2.05, 4.69) is 10.2 Å². The van der Waals surface area contributed by atoms with Crippen LogP contribution in [0.5, 0.6) is 0 Å². The molecule has 0 aliphatic heterocycles. The summed E-state index contributed by atoms with van der Waals surface area (Å²) in [6, 6.07) is 3.35. The van der Waals surface area contributed by atoms with E-state index >= 15 is 0 Å². The normalized spacial score (nSPS) is 10.8. The van der Waals surface area contributed by atoms with Gasteiger partial charge in [0, 0.05) is 18.1 Å². The van der Waals surface area contributed by atoms with Crippen LogP contribution in [0.1, 0.15) is 0 Å². The van der Waals surface area contributed by atoms with E-state index in [1.165, 1.54) is 0 Å². The molecule has 0 radical (unpaired) electrons. The second kappa shape index (κ2) is 5.80. The van der Waals surface area contributed by atoms with Crippen molar-refractivity contribution in [2.45, 2.75) is 0 Å². The first-order valence-corrected chi connectivity index (χ1v) is 5.67. The smallest absolute Gasteiger partial charge is 0.0720 e. The maximum atomic E-state index is 6.01. The molecule has 0 fully saturated rings. The second-order valence-corrected chi connectivity index (χ2v) is 4.73. The van der Waals surface area contributed by atoms with Gasteiger partial charge in [-0.3, -0.25) is 0 Å². The van der Waals surface area contributed by atoms with Crippen molar-refractivity contribution in [2.75, 3.05) is 32.5 Å². The first-order chi connectivity index (χ1) is 7.00. The van der Waals surface area contributed by atoms with Gasteiger partial charge in [-0.05, 0) is 26.2 Å². The van der Waals surface area contributed by atoms with Crippen LogP contribution in [-0.4, -0.2) is 32.1 Å². The van der Waals surface area contributed by atoms with Crippen molar-refractivity contribution in [1.82, 2.24) is 4.90 Å². The van der Waals surface area contributed by atoms with Crippen molar-refractivity contribution >= 4 is 40.5 Å². The lowest BCUT2D eigenvalue weighted by atomic mass is 10.3. The number of hydrogen-bond acceptors (Lipinski definition) is 2. The summed E-state index contributed by atoms with van der Waals surface area (Å²) in [5.41, 5.74) is 0.740. The first-order valence-electron chi connectivity index (χ1n) is 4.54. The minimum absolute atomic E-state index is 0.545. The molecule has 2 nitrogen and oxygen atoms in total. The summed E-state index contributed by atoms with van der Waals surface area (Å²) >= 11 is 17.8. The molecule has 0 aliphatic carbocycles. The lowest BCUT2D eigenvalue weighted by molar-refractivity contribution is 0.425. The van der Waals surface area contributed by atoms with Gasteiger partial charge in [-0.15, -0.1) is 0 Å². The highest BCUT2D eigenvalue weighted by Gasteiger charge is 2.06. The molecule has 0 saturated heterocycles. The zero-order chi connectivity index (χ0) is 11.4. The van der Waals surface area contributed by atoms with Crippen molar-refractivity contribution in [1.29, 1.82) is 0 Å². The van der Waals surface area contributed by atoms with Crippen LogP contribution in [0.4, 0.5) is 5.69 Å². The molecule has 0 heterocycles. The zero-order valence-electron chi connectivity index (χ0n) is 8.65. The predicted molar refractivity (Wildman–Crippen MR) is 68.5 cm³/mol. The van der Waals surface area contributed by atoms with E-state index in [1.807, 2.05) is 14.1 Å². The van der Waals surface area contributed by atoms with E-state index in [9.17, 15) is 0 Å². The molecule has 1 rings (SSSR count). The molecule has 1 N–H and O–H groups in total.